The molecule has 1 unspecified atom stereocenters. The average molecular weight is 173 g/mol. The summed E-state index contributed by atoms with van der Waals surface area (Å²) in [4.78, 5) is 12.8. The normalized spacial score (nSPS) is 24.3. The van der Waals surface area contributed by atoms with Crippen LogP contribution in [0.5, 0.6) is 0 Å². The minimum absolute atomic E-state index is 0.123. The van der Waals surface area contributed by atoms with E-state index in [2.05, 4.69) is 5.43 Å². The van der Waals surface area contributed by atoms with Gasteiger partial charge in [-0.1, -0.05) is 0 Å². The minimum atomic E-state index is -0.199. The lowest BCUT2D eigenvalue weighted by Crippen LogP contribution is -2.43. The monoisotopic (exact) mass is 173 g/mol. The third-order valence-electron chi connectivity index (χ3n) is 2.22. The van der Waals surface area contributed by atoms with Gasteiger partial charge in [0.1, 0.15) is 0 Å². The highest BCUT2D eigenvalue weighted by atomic mass is 16.3. The molecule has 0 aromatic carbocycles. The Morgan fingerprint density at radius 3 is 3.08 bits per heavy atom. The summed E-state index contributed by atoms with van der Waals surface area (Å²) in [5.41, 5.74) is 2.07. The Morgan fingerprint density at radius 1 is 1.75 bits per heavy atom. The molecule has 1 aliphatic heterocycles. The third-order valence-corrected chi connectivity index (χ3v) is 2.22. The van der Waals surface area contributed by atoms with Crippen LogP contribution in [-0.2, 0) is 4.79 Å². The van der Waals surface area contributed by atoms with Crippen LogP contribution in [0.2, 0.25) is 0 Å². The summed E-state index contributed by atoms with van der Waals surface area (Å²) < 4.78 is 0. The van der Waals surface area contributed by atoms with Crippen molar-refractivity contribution in [1.82, 2.24) is 10.3 Å². The number of aliphatic hydroxyl groups is 1. The summed E-state index contributed by atoms with van der Waals surface area (Å²) in [6.07, 6.45) is 2.01. The molecule has 0 aliphatic carbocycles. The average Bonchev–Trinajstić information content (AvgIpc) is 2.51. The van der Waals surface area contributed by atoms with E-state index in [0.29, 0.717) is 6.54 Å². The number of hydrogen-bond donors (Lipinski definition) is 3. The van der Waals surface area contributed by atoms with Crippen molar-refractivity contribution in [3.63, 3.8) is 0 Å². The van der Waals surface area contributed by atoms with Crippen LogP contribution < -0.4 is 11.3 Å². The van der Waals surface area contributed by atoms with Gasteiger partial charge in [0.25, 0.3) is 0 Å². The van der Waals surface area contributed by atoms with Crippen molar-refractivity contribution >= 4 is 5.91 Å². The standard InChI is InChI=1S/C7H15N3O2/c8-9-7(12)4-10-3-1-2-6(10)5-11/h6,11H,1-5,8H2,(H,9,12). The third kappa shape index (κ3) is 2.17. The van der Waals surface area contributed by atoms with Gasteiger partial charge in [-0.3, -0.25) is 15.1 Å². The van der Waals surface area contributed by atoms with Crippen molar-refractivity contribution in [3.05, 3.63) is 0 Å². The summed E-state index contributed by atoms with van der Waals surface area (Å²) in [6.45, 7) is 1.29. The molecule has 12 heavy (non-hydrogen) atoms. The molecule has 1 fully saturated rings. The summed E-state index contributed by atoms with van der Waals surface area (Å²) in [5.74, 6) is 4.75. The zero-order chi connectivity index (χ0) is 8.97. The summed E-state index contributed by atoms with van der Waals surface area (Å²) >= 11 is 0. The Morgan fingerprint density at radius 2 is 2.50 bits per heavy atom. The van der Waals surface area contributed by atoms with E-state index in [-0.39, 0.29) is 18.6 Å². The van der Waals surface area contributed by atoms with Gasteiger partial charge in [0, 0.05) is 6.04 Å². The molecular formula is C7H15N3O2. The molecule has 0 aromatic rings. The van der Waals surface area contributed by atoms with E-state index in [9.17, 15) is 4.79 Å². The van der Waals surface area contributed by atoms with E-state index in [1.165, 1.54) is 0 Å². The number of amides is 1. The molecule has 1 saturated heterocycles. The van der Waals surface area contributed by atoms with E-state index in [1.54, 1.807) is 0 Å². The van der Waals surface area contributed by atoms with Crippen molar-refractivity contribution in [2.75, 3.05) is 19.7 Å². The van der Waals surface area contributed by atoms with Crippen LogP contribution in [0.15, 0.2) is 0 Å². The Balaban J connectivity index is 2.35. The highest BCUT2D eigenvalue weighted by Gasteiger charge is 2.24. The molecule has 1 aliphatic rings. The van der Waals surface area contributed by atoms with Gasteiger partial charge in [-0.15, -0.1) is 0 Å². The Labute approximate surface area is 71.5 Å². The number of aliphatic hydroxyl groups excluding tert-OH is 1. The number of nitrogens with one attached hydrogen (secondary N) is 1. The number of rotatable bonds is 3. The second-order valence-corrected chi connectivity index (χ2v) is 3.02. The summed E-state index contributed by atoms with van der Waals surface area (Å²) in [5, 5.41) is 8.92. The summed E-state index contributed by atoms with van der Waals surface area (Å²) in [7, 11) is 0. The van der Waals surface area contributed by atoms with Gasteiger partial charge in [-0.2, -0.15) is 0 Å². The van der Waals surface area contributed by atoms with Crippen LogP contribution in [-0.4, -0.2) is 41.7 Å². The van der Waals surface area contributed by atoms with Gasteiger partial charge in [-0.25, -0.2) is 5.84 Å². The number of carbonyl (C=O) groups excluding carboxylic acids is 1. The first-order chi connectivity index (χ1) is 5.77. The van der Waals surface area contributed by atoms with Gasteiger partial charge in [0.05, 0.1) is 13.2 Å². The molecule has 4 N–H and O–H groups in total. The van der Waals surface area contributed by atoms with Gasteiger partial charge in [-0.05, 0) is 19.4 Å². The molecule has 0 saturated carbocycles. The predicted octanol–water partition coefficient (Wildman–Crippen LogP) is -1.57. The van der Waals surface area contributed by atoms with Crippen LogP contribution in [0.3, 0.4) is 0 Å². The molecule has 1 amide bonds. The molecule has 1 heterocycles. The molecule has 1 rings (SSSR count). The lowest BCUT2D eigenvalue weighted by Gasteiger charge is -2.20. The largest absolute Gasteiger partial charge is 0.395 e. The number of likely N-dealkylation sites (tertiary alicyclic amines) is 1. The maximum Gasteiger partial charge on any atom is 0.248 e. The Bertz CT molecular complexity index is 163. The van der Waals surface area contributed by atoms with E-state index < -0.39 is 0 Å². The molecule has 5 nitrogen and oxygen atoms in total. The smallest absolute Gasteiger partial charge is 0.248 e. The van der Waals surface area contributed by atoms with E-state index in [1.807, 2.05) is 4.90 Å². The van der Waals surface area contributed by atoms with E-state index in [0.717, 1.165) is 19.4 Å². The van der Waals surface area contributed by atoms with E-state index >= 15 is 0 Å². The highest BCUT2D eigenvalue weighted by molar-refractivity contribution is 5.77. The zero-order valence-electron chi connectivity index (χ0n) is 6.99. The van der Waals surface area contributed by atoms with Crippen molar-refractivity contribution < 1.29 is 9.90 Å². The molecule has 0 radical (unpaired) electrons. The molecular weight excluding hydrogens is 158 g/mol. The number of hydrazine groups is 1. The molecule has 1 atom stereocenters. The quantitative estimate of drug-likeness (QED) is 0.274. The summed E-state index contributed by atoms with van der Waals surface area (Å²) in [6, 6.07) is 0.141. The molecule has 70 valence electrons. The Hall–Kier alpha value is -0.650. The number of carbonyl (C=O) groups is 1. The fraction of sp³-hybridized carbons (Fsp3) is 0.857. The molecule has 0 spiro atoms. The first kappa shape index (κ1) is 9.44. The van der Waals surface area contributed by atoms with Gasteiger partial charge in [0.2, 0.25) is 5.91 Å². The van der Waals surface area contributed by atoms with Crippen molar-refractivity contribution in [2.45, 2.75) is 18.9 Å². The maximum atomic E-state index is 10.9. The highest BCUT2D eigenvalue weighted by Crippen LogP contribution is 2.15. The van der Waals surface area contributed by atoms with Crippen LogP contribution in [0.25, 0.3) is 0 Å². The first-order valence-electron chi connectivity index (χ1n) is 4.12. The Kier molecular flexibility index (Phi) is 3.46. The predicted molar refractivity (Wildman–Crippen MR) is 44.0 cm³/mol. The zero-order valence-corrected chi connectivity index (χ0v) is 6.99. The maximum absolute atomic E-state index is 10.9. The van der Waals surface area contributed by atoms with Crippen molar-refractivity contribution in [3.8, 4) is 0 Å². The molecule has 0 bridgehead atoms. The van der Waals surface area contributed by atoms with Crippen LogP contribution >= 0.6 is 0 Å². The van der Waals surface area contributed by atoms with Crippen LogP contribution in [0, 0.1) is 0 Å². The first-order valence-corrected chi connectivity index (χ1v) is 4.12. The van der Waals surface area contributed by atoms with E-state index in [4.69, 9.17) is 10.9 Å². The molecule has 0 aromatic heterocycles. The van der Waals surface area contributed by atoms with Crippen LogP contribution in [0.4, 0.5) is 0 Å². The number of nitrogens with two attached hydrogens (primary N) is 1. The lowest BCUT2D eigenvalue weighted by molar-refractivity contribution is -0.122. The number of hydrogen-bond acceptors (Lipinski definition) is 4. The molecule has 5 heteroatoms. The second kappa shape index (κ2) is 4.39. The van der Waals surface area contributed by atoms with Crippen LogP contribution in [0.1, 0.15) is 12.8 Å². The topological polar surface area (TPSA) is 78.6 Å². The van der Waals surface area contributed by atoms with Crippen molar-refractivity contribution in [2.24, 2.45) is 5.84 Å². The van der Waals surface area contributed by atoms with Gasteiger partial charge < -0.3 is 5.11 Å². The SMILES string of the molecule is NNC(=O)CN1CCCC1CO. The second-order valence-electron chi connectivity index (χ2n) is 3.02. The van der Waals surface area contributed by atoms with Gasteiger partial charge >= 0.3 is 0 Å². The fourth-order valence-electron chi connectivity index (χ4n) is 1.54. The fourth-order valence-corrected chi connectivity index (χ4v) is 1.54. The lowest BCUT2D eigenvalue weighted by atomic mass is 10.2. The van der Waals surface area contributed by atoms with Crippen molar-refractivity contribution in [1.29, 1.82) is 0 Å². The minimum Gasteiger partial charge on any atom is -0.395 e. The number of nitrogens with zero attached hydrogens (tertiary/aromatic N) is 1. The van der Waals surface area contributed by atoms with Gasteiger partial charge in [0.15, 0.2) is 0 Å².